The second kappa shape index (κ2) is 19.0. The zero-order valence-electron chi connectivity index (χ0n) is 29.1. The number of anilines is 1. The summed E-state index contributed by atoms with van der Waals surface area (Å²) in [5.74, 6) is -6.13. The molecule has 0 spiro atoms. The molecular formula is C37H44N2O13. The van der Waals surface area contributed by atoms with Crippen LogP contribution in [0.25, 0.3) is 0 Å². The van der Waals surface area contributed by atoms with Gasteiger partial charge in [-0.15, -0.1) is 0 Å². The van der Waals surface area contributed by atoms with E-state index in [0.717, 1.165) is 6.08 Å². The van der Waals surface area contributed by atoms with Crippen LogP contribution in [0.15, 0.2) is 55.1 Å². The standard InChI is InChI=1S/C37H44N2O13/c1-4-33(46)51-22-37(2,3)34(47)35(48)39-18-6-5-10-26(39)36(49)52-28(24-8-7-9-25(21-24)38-30(41)15-16-31(42)43)14-12-23-11-13-27(40)29(20-23)50-19-17-32(44)45/h4,7-9,11,13,20-21,26,28,40H,1,5-6,10,12,14-19,22H2,2-3H3,(H,38,41)(H,42,43)(H,44,45)/t26-,28-/m1/s1. The molecule has 15 nitrogen and oxygen atoms in total. The molecule has 1 heterocycles. The largest absolute Gasteiger partial charge is 0.504 e. The number of carboxylic acids is 2. The number of phenols is 1. The smallest absolute Gasteiger partial charge is 0.330 e. The van der Waals surface area contributed by atoms with E-state index in [-0.39, 0.29) is 69.8 Å². The lowest BCUT2D eigenvalue weighted by atomic mass is 9.87. The van der Waals surface area contributed by atoms with Crippen molar-refractivity contribution in [3.63, 3.8) is 0 Å². The molecule has 1 aliphatic heterocycles. The Balaban J connectivity index is 1.86. The number of hydrogen-bond donors (Lipinski definition) is 4. The van der Waals surface area contributed by atoms with Crippen LogP contribution in [0.1, 0.15) is 76.0 Å². The second-order valence-corrected chi connectivity index (χ2v) is 12.9. The van der Waals surface area contributed by atoms with Gasteiger partial charge in [0.25, 0.3) is 5.91 Å². The number of carboxylic acid groups (broad SMARTS) is 2. The molecule has 1 aliphatic rings. The van der Waals surface area contributed by atoms with Gasteiger partial charge in [-0.25, -0.2) is 9.59 Å². The van der Waals surface area contributed by atoms with Gasteiger partial charge in [-0.05, 0) is 81.3 Å². The van der Waals surface area contributed by atoms with Crippen molar-refractivity contribution in [2.24, 2.45) is 5.41 Å². The molecule has 0 saturated carbocycles. The highest BCUT2D eigenvalue weighted by Crippen LogP contribution is 2.32. The number of aliphatic carboxylic acids is 2. The highest BCUT2D eigenvalue weighted by atomic mass is 16.5. The third-order valence-electron chi connectivity index (χ3n) is 8.25. The van der Waals surface area contributed by atoms with Gasteiger partial charge in [0.1, 0.15) is 18.8 Å². The molecule has 280 valence electrons. The number of carbonyl (C=O) groups excluding carboxylic acids is 5. The van der Waals surface area contributed by atoms with E-state index in [1.165, 1.54) is 30.9 Å². The fraction of sp³-hybridized carbons (Fsp3) is 0.432. The predicted octanol–water partition coefficient (Wildman–Crippen LogP) is 3.97. The Hall–Kier alpha value is -5.73. The molecule has 2 amide bonds. The number of Topliss-reactive ketones (excluding diaryl/α,β-unsaturated/α-hetero) is 1. The van der Waals surface area contributed by atoms with Crippen LogP contribution < -0.4 is 10.1 Å². The number of carbonyl (C=O) groups is 7. The number of hydrogen-bond acceptors (Lipinski definition) is 11. The first-order valence-corrected chi connectivity index (χ1v) is 16.7. The number of likely N-dealkylation sites (tertiary alicyclic amines) is 1. The minimum atomic E-state index is -1.39. The van der Waals surface area contributed by atoms with Crippen molar-refractivity contribution in [2.45, 2.75) is 77.4 Å². The van der Waals surface area contributed by atoms with Gasteiger partial charge in [0.2, 0.25) is 11.7 Å². The molecule has 15 heteroatoms. The quantitative estimate of drug-likeness (QED) is 0.0916. The summed E-state index contributed by atoms with van der Waals surface area (Å²) in [6.07, 6.45) is 0.882. The summed E-state index contributed by atoms with van der Waals surface area (Å²) < 4.78 is 16.5. The maximum absolute atomic E-state index is 13.9. The van der Waals surface area contributed by atoms with E-state index in [9.17, 15) is 38.7 Å². The van der Waals surface area contributed by atoms with Gasteiger partial charge in [-0.3, -0.25) is 24.0 Å². The maximum Gasteiger partial charge on any atom is 0.330 e. The summed E-state index contributed by atoms with van der Waals surface area (Å²) in [6, 6.07) is 9.91. The van der Waals surface area contributed by atoms with Crippen molar-refractivity contribution in [3.05, 3.63) is 66.2 Å². The highest BCUT2D eigenvalue weighted by Gasteiger charge is 2.42. The minimum absolute atomic E-state index is 0.0709. The number of aromatic hydroxyl groups is 1. The summed E-state index contributed by atoms with van der Waals surface area (Å²) >= 11 is 0. The zero-order chi connectivity index (χ0) is 38.4. The fourth-order valence-corrected chi connectivity index (χ4v) is 5.36. The monoisotopic (exact) mass is 724 g/mol. The molecule has 3 rings (SSSR count). The number of piperidine rings is 1. The SMILES string of the molecule is C=CC(=O)OCC(C)(C)C(=O)C(=O)N1CCCC[C@@H]1C(=O)O[C@H](CCc1ccc(O)c(OCCC(=O)O)c1)c1cccc(NC(=O)CCC(=O)O)c1. The lowest BCUT2D eigenvalue weighted by Gasteiger charge is -2.36. The van der Waals surface area contributed by atoms with Crippen LogP contribution in [0.2, 0.25) is 0 Å². The lowest BCUT2D eigenvalue weighted by molar-refractivity contribution is -0.165. The van der Waals surface area contributed by atoms with E-state index in [2.05, 4.69) is 11.9 Å². The van der Waals surface area contributed by atoms with Gasteiger partial charge in [-0.2, -0.15) is 0 Å². The van der Waals surface area contributed by atoms with Crippen LogP contribution in [0, 0.1) is 5.41 Å². The number of ether oxygens (including phenoxy) is 3. The van der Waals surface area contributed by atoms with Crippen molar-refractivity contribution >= 4 is 47.2 Å². The fourth-order valence-electron chi connectivity index (χ4n) is 5.36. The Morgan fingerprint density at radius 1 is 1.00 bits per heavy atom. The summed E-state index contributed by atoms with van der Waals surface area (Å²) in [7, 11) is 0. The maximum atomic E-state index is 13.9. The number of rotatable bonds is 19. The van der Waals surface area contributed by atoms with E-state index < -0.39 is 59.0 Å². The van der Waals surface area contributed by atoms with Crippen molar-refractivity contribution in [3.8, 4) is 11.5 Å². The number of ketones is 1. The molecule has 1 saturated heterocycles. The molecule has 52 heavy (non-hydrogen) atoms. The van der Waals surface area contributed by atoms with Gasteiger partial charge >= 0.3 is 23.9 Å². The Bertz CT molecular complexity index is 1670. The van der Waals surface area contributed by atoms with Crippen LogP contribution in [-0.4, -0.2) is 87.5 Å². The van der Waals surface area contributed by atoms with E-state index >= 15 is 0 Å². The van der Waals surface area contributed by atoms with Gasteiger partial charge in [-0.1, -0.05) is 24.8 Å². The van der Waals surface area contributed by atoms with Crippen molar-refractivity contribution < 1.29 is 63.1 Å². The van der Waals surface area contributed by atoms with E-state index in [1.54, 1.807) is 30.3 Å². The number of phenolic OH excluding ortho intramolecular Hbond substituents is 1. The van der Waals surface area contributed by atoms with E-state index in [4.69, 9.17) is 24.4 Å². The molecule has 2 aromatic rings. The van der Waals surface area contributed by atoms with Gasteiger partial charge in [0.05, 0.1) is 24.9 Å². The van der Waals surface area contributed by atoms with Crippen LogP contribution in [-0.2, 0) is 49.5 Å². The molecule has 4 N–H and O–H groups in total. The van der Waals surface area contributed by atoms with E-state index in [0.29, 0.717) is 29.7 Å². The summed E-state index contributed by atoms with van der Waals surface area (Å²) in [5.41, 5.74) is 0.0600. The van der Waals surface area contributed by atoms with Crippen LogP contribution in [0.3, 0.4) is 0 Å². The molecule has 0 unspecified atom stereocenters. The molecule has 0 bridgehead atoms. The zero-order valence-corrected chi connectivity index (χ0v) is 29.1. The number of nitrogens with zero attached hydrogens (tertiary/aromatic N) is 1. The first kappa shape index (κ1) is 40.7. The molecule has 1 fully saturated rings. The molecule has 2 aromatic carbocycles. The van der Waals surface area contributed by atoms with Crippen molar-refractivity contribution in [1.82, 2.24) is 4.90 Å². The normalized spacial score (nSPS) is 14.7. The van der Waals surface area contributed by atoms with Crippen molar-refractivity contribution in [1.29, 1.82) is 0 Å². The molecule has 2 atom stereocenters. The van der Waals surface area contributed by atoms with E-state index in [1.807, 2.05) is 0 Å². The number of aryl methyl sites for hydroxylation is 1. The molecule has 0 radical (unpaired) electrons. The summed E-state index contributed by atoms with van der Waals surface area (Å²) in [6.45, 7) is 5.80. The molecule has 0 aliphatic carbocycles. The van der Waals surface area contributed by atoms with Crippen molar-refractivity contribution in [2.75, 3.05) is 25.1 Å². The average Bonchev–Trinajstić information content (AvgIpc) is 3.11. The highest BCUT2D eigenvalue weighted by molar-refractivity contribution is 6.38. The van der Waals surface area contributed by atoms with Gasteiger partial charge < -0.3 is 39.7 Å². The van der Waals surface area contributed by atoms with Crippen LogP contribution in [0.4, 0.5) is 5.69 Å². The average molecular weight is 725 g/mol. The summed E-state index contributed by atoms with van der Waals surface area (Å²) in [4.78, 5) is 87.7. The number of esters is 2. The molecular weight excluding hydrogens is 680 g/mol. The van der Waals surface area contributed by atoms with Gasteiger partial charge in [0, 0.05) is 24.7 Å². The second-order valence-electron chi connectivity index (χ2n) is 12.9. The molecule has 0 aromatic heterocycles. The lowest BCUT2D eigenvalue weighted by Crippen LogP contribution is -2.53. The summed E-state index contributed by atoms with van der Waals surface area (Å²) in [5, 5.41) is 30.7. The Morgan fingerprint density at radius 3 is 2.42 bits per heavy atom. The third-order valence-corrected chi connectivity index (χ3v) is 8.25. The first-order chi connectivity index (χ1) is 24.6. The third kappa shape index (κ3) is 12.2. The Morgan fingerprint density at radius 2 is 1.73 bits per heavy atom. The number of benzene rings is 2. The van der Waals surface area contributed by atoms with Crippen LogP contribution in [0.5, 0.6) is 11.5 Å². The number of amides is 2. The number of nitrogens with one attached hydrogen (secondary N) is 1. The van der Waals surface area contributed by atoms with Crippen LogP contribution >= 0.6 is 0 Å². The van der Waals surface area contributed by atoms with Gasteiger partial charge in [0.15, 0.2) is 11.5 Å². The predicted molar refractivity (Wildman–Crippen MR) is 184 cm³/mol. The first-order valence-electron chi connectivity index (χ1n) is 16.7. The minimum Gasteiger partial charge on any atom is -0.504 e. The Labute approximate surface area is 300 Å². The Kier molecular flexibility index (Phi) is 14.9. The topological polar surface area (TPSA) is 223 Å².